The van der Waals surface area contributed by atoms with Crippen molar-refractivity contribution in [3.05, 3.63) is 29.8 Å². The maximum absolute atomic E-state index is 5.62. The molecule has 1 aromatic rings. The van der Waals surface area contributed by atoms with E-state index in [0.717, 1.165) is 18.6 Å². The molecule has 1 unspecified atom stereocenters. The molecule has 3 heteroatoms. The zero-order valence-corrected chi connectivity index (χ0v) is 11.6. The third kappa shape index (κ3) is 5.52. The molecule has 0 fully saturated rings. The highest BCUT2D eigenvalue weighted by molar-refractivity contribution is 5.28. The van der Waals surface area contributed by atoms with Crippen LogP contribution in [0, 0.1) is 0 Å². The largest absolute Gasteiger partial charge is 0.497 e. The average Bonchev–Trinajstić information content (AvgIpc) is 2.42. The van der Waals surface area contributed by atoms with Crippen molar-refractivity contribution in [2.24, 2.45) is 5.84 Å². The number of methoxy groups -OCH3 is 1. The molecule has 0 spiro atoms. The third-order valence-corrected chi connectivity index (χ3v) is 3.26. The molecule has 1 atom stereocenters. The van der Waals surface area contributed by atoms with Gasteiger partial charge in [-0.05, 0) is 30.5 Å². The Labute approximate surface area is 111 Å². The first kappa shape index (κ1) is 15.0. The summed E-state index contributed by atoms with van der Waals surface area (Å²) in [5.74, 6) is 6.54. The summed E-state index contributed by atoms with van der Waals surface area (Å²) in [6.45, 7) is 2.23. The fraction of sp³-hybridized carbons (Fsp3) is 0.600. The van der Waals surface area contributed by atoms with Crippen molar-refractivity contribution in [3.63, 3.8) is 0 Å². The van der Waals surface area contributed by atoms with Crippen LogP contribution in [0.25, 0.3) is 0 Å². The molecule has 0 heterocycles. The van der Waals surface area contributed by atoms with Gasteiger partial charge in [0.25, 0.3) is 0 Å². The molecule has 0 radical (unpaired) electrons. The fourth-order valence-corrected chi connectivity index (χ4v) is 2.15. The van der Waals surface area contributed by atoms with Gasteiger partial charge in [-0.2, -0.15) is 0 Å². The Bertz CT molecular complexity index is 328. The van der Waals surface area contributed by atoms with Crippen molar-refractivity contribution in [2.75, 3.05) is 7.11 Å². The quantitative estimate of drug-likeness (QED) is 0.402. The summed E-state index contributed by atoms with van der Waals surface area (Å²) in [5, 5.41) is 0. The van der Waals surface area contributed by atoms with Crippen molar-refractivity contribution in [2.45, 2.75) is 51.5 Å². The van der Waals surface area contributed by atoms with Gasteiger partial charge >= 0.3 is 0 Å². The molecular formula is C15H26N2O. The number of ether oxygens (including phenoxy) is 1. The first-order valence-electron chi connectivity index (χ1n) is 6.89. The first-order chi connectivity index (χ1) is 8.80. The first-order valence-corrected chi connectivity index (χ1v) is 6.89. The minimum atomic E-state index is 0.356. The maximum Gasteiger partial charge on any atom is 0.119 e. The summed E-state index contributed by atoms with van der Waals surface area (Å²) in [5.41, 5.74) is 4.20. The Balaban J connectivity index is 2.41. The number of hydrogen-bond donors (Lipinski definition) is 2. The van der Waals surface area contributed by atoms with Gasteiger partial charge in [0, 0.05) is 6.04 Å². The van der Waals surface area contributed by atoms with Gasteiger partial charge in [0.05, 0.1) is 7.11 Å². The van der Waals surface area contributed by atoms with Crippen molar-refractivity contribution < 1.29 is 4.74 Å². The number of nitrogens with one attached hydrogen (secondary N) is 1. The van der Waals surface area contributed by atoms with E-state index in [9.17, 15) is 0 Å². The van der Waals surface area contributed by atoms with Gasteiger partial charge in [0.1, 0.15) is 5.75 Å². The zero-order valence-electron chi connectivity index (χ0n) is 11.6. The van der Waals surface area contributed by atoms with Crippen molar-refractivity contribution in [3.8, 4) is 5.75 Å². The van der Waals surface area contributed by atoms with Crippen LogP contribution in [0.4, 0.5) is 0 Å². The standard InChI is InChI=1S/C15H26N2O/c1-3-4-5-6-9-14(17-16)11-13-8-7-10-15(12-13)18-2/h7-8,10,12,14,17H,3-6,9,11,16H2,1-2H3. The van der Waals surface area contributed by atoms with Gasteiger partial charge in [-0.3, -0.25) is 11.3 Å². The van der Waals surface area contributed by atoms with E-state index < -0.39 is 0 Å². The number of hydrogen-bond acceptors (Lipinski definition) is 3. The van der Waals surface area contributed by atoms with E-state index in [-0.39, 0.29) is 0 Å². The number of benzene rings is 1. The normalized spacial score (nSPS) is 12.4. The SMILES string of the molecule is CCCCCCC(Cc1cccc(OC)c1)NN. The molecule has 0 amide bonds. The third-order valence-electron chi connectivity index (χ3n) is 3.26. The van der Waals surface area contributed by atoms with Gasteiger partial charge in [-0.1, -0.05) is 44.7 Å². The number of nitrogens with two attached hydrogens (primary N) is 1. The molecule has 3 nitrogen and oxygen atoms in total. The van der Waals surface area contributed by atoms with E-state index in [2.05, 4.69) is 24.5 Å². The van der Waals surface area contributed by atoms with Gasteiger partial charge in [0.15, 0.2) is 0 Å². The van der Waals surface area contributed by atoms with Crippen molar-refractivity contribution >= 4 is 0 Å². The lowest BCUT2D eigenvalue weighted by molar-refractivity contribution is 0.413. The second-order valence-electron chi connectivity index (χ2n) is 4.77. The van der Waals surface area contributed by atoms with Crippen LogP contribution >= 0.6 is 0 Å². The minimum absolute atomic E-state index is 0.356. The lowest BCUT2D eigenvalue weighted by atomic mass is 10.0. The summed E-state index contributed by atoms with van der Waals surface area (Å²) >= 11 is 0. The Morgan fingerprint density at radius 2 is 2.11 bits per heavy atom. The summed E-state index contributed by atoms with van der Waals surface area (Å²) in [6, 6.07) is 8.55. The van der Waals surface area contributed by atoms with Crippen LogP contribution in [-0.2, 0) is 6.42 Å². The Morgan fingerprint density at radius 3 is 2.78 bits per heavy atom. The van der Waals surface area contributed by atoms with E-state index in [1.165, 1.54) is 31.2 Å². The Morgan fingerprint density at radius 1 is 1.28 bits per heavy atom. The number of unbranched alkanes of at least 4 members (excludes halogenated alkanes) is 3. The Kier molecular flexibility index (Phi) is 7.46. The molecule has 102 valence electrons. The summed E-state index contributed by atoms with van der Waals surface area (Å²) in [6.07, 6.45) is 7.22. The van der Waals surface area contributed by atoms with Crippen molar-refractivity contribution in [1.29, 1.82) is 0 Å². The summed E-state index contributed by atoms with van der Waals surface area (Å²) in [7, 11) is 1.70. The predicted molar refractivity (Wildman–Crippen MR) is 76.6 cm³/mol. The van der Waals surface area contributed by atoms with Gasteiger partial charge in [-0.25, -0.2) is 0 Å². The highest BCUT2D eigenvalue weighted by atomic mass is 16.5. The van der Waals surface area contributed by atoms with Crippen LogP contribution < -0.4 is 16.0 Å². The molecule has 0 bridgehead atoms. The smallest absolute Gasteiger partial charge is 0.119 e. The molecule has 0 aliphatic heterocycles. The second-order valence-corrected chi connectivity index (χ2v) is 4.77. The van der Waals surface area contributed by atoms with Crippen LogP contribution in [0.1, 0.15) is 44.6 Å². The molecule has 18 heavy (non-hydrogen) atoms. The molecule has 1 rings (SSSR count). The molecular weight excluding hydrogens is 224 g/mol. The zero-order chi connectivity index (χ0) is 13.2. The van der Waals surface area contributed by atoms with E-state index in [0.29, 0.717) is 6.04 Å². The number of hydrazine groups is 1. The monoisotopic (exact) mass is 250 g/mol. The van der Waals surface area contributed by atoms with Crippen LogP contribution in [0.15, 0.2) is 24.3 Å². The molecule has 0 aliphatic rings. The van der Waals surface area contributed by atoms with Crippen LogP contribution in [0.3, 0.4) is 0 Å². The Hall–Kier alpha value is -1.06. The molecule has 1 aromatic carbocycles. The minimum Gasteiger partial charge on any atom is -0.497 e. The van der Waals surface area contributed by atoms with Crippen molar-refractivity contribution in [1.82, 2.24) is 5.43 Å². The average molecular weight is 250 g/mol. The maximum atomic E-state index is 5.62. The van der Waals surface area contributed by atoms with Crippen LogP contribution in [0.2, 0.25) is 0 Å². The fourth-order valence-electron chi connectivity index (χ4n) is 2.15. The van der Waals surface area contributed by atoms with Crippen LogP contribution in [-0.4, -0.2) is 13.2 Å². The molecule has 0 saturated carbocycles. The molecule has 0 saturated heterocycles. The second kappa shape index (κ2) is 8.95. The van der Waals surface area contributed by atoms with E-state index in [4.69, 9.17) is 10.6 Å². The lowest BCUT2D eigenvalue weighted by Crippen LogP contribution is -2.36. The summed E-state index contributed by atoms with van der Waals surface area (Å²) in [4.78, 5) is 0. The molecule has 0 aromatic heterocycles. The highest BCUT2D eigenvalue weighted by Crippen LogP contribution is 2.15. The number of rotatable bonds is 9. The van der Waals surface area contributed by atoms with E-state index >= 15 is 0 Å². The van der Waals surface area contributed by atoms with Gasteiger partial charge < -0.3 is 4.74 Å². The summed E-state index contributed by atoms with van der Waals surface area (Å²) < 4.78 is 5.23. The van der Waals surface area contributed by atoms with Gasteiger partial charge in [0.2, 0.25) is 0 Å². The van der Waals surface area contributed by atoms with E-state index in [1.807, 2.05) is 12.1 Å². The highest BCUT2D eigenvalue weighted by Gasteiger charge is 2.08. The van der Waals surface area contributed by atoms with Gasteiger partial charge in [-0.15, -0.1) is 0 Å². The lowest BCUT2D eigenvalue weighted by Gasteiger charge is -2.16. The predicted octanol–water partition coefficient (Wildman–Crippen LogP) is 3.04. The van der Waals surface area contributed by atoms with Crippen LogP contribution in [0.5, 0.6) is 5.75 Å². The molecule has 0 aliphatic carbocycles. The topological polar surface area (TPSA) is 47.3 Å². The van der Waals surface area contributed by atoms with E-state index in [1.54, 1.807) is 7.11 Å². The molecule has 3 N–H and O–H groups in total.